The van der Waals surface area contributed by atoms with Crippen molar-refractivity contribution in [3.05, 3.63) is 53.6 Å². The number of hydrogen-bond donors (Lipinski definition) is 1. The van der Waals surface area contributed by atoms with Gasteiger partial charge in [-0.3, -0.25) is 14.5 Å². The van der Waals surface area contributed by atoms with E-state index in [1.54, 1.807) is 4.90 Å². The van der Waals surface area contributed by atoms with Gasteiger partial charge in [-0.15, -0.1) is 0 Å². The smallest absolute Gasteiger partial charge is 0.243 e. The van der Waals surface area contributed by atoms with Gasteiger partial charge in [-0.25, -0.2) is 0 Å². The number of carbonyl (C=O) groups is 2. The highest BCUT2D eigenvalue weighted by Gasteiger charge is 2.36. The highest BCUT2D eigenvalue weighted by molar-refractivity contribution is 6.02. The molecule has 6 nitrogen and oxygen atoms in total. The first-order chi connectivity index (χ1) is 12.1. The van der Waals surface area contributed by atoms with Crippen molar-refractivity contribution >= 4 is 17.5 Å². The molecule has 2 aliphatic rings. The number of amides is 2. The molecule has 0 unspecified atom stereocenters. The third-order valence-electron chi connectivity index (χ3n) is 4.52. The van der Waals surface area contributed by atoms with E-state index in [9.17, 15) is 9.59 Å². The molecule has 2 amide bonds. The summed E-state index contributed by atoms with van der Waals surface area (Å²) < 4.78 is 10.6. The van der Waals surface area contributed by atoms with Gasteiger partial charge in [0.25, 0.3) is 0 Å². The van der Waals surface area contributed by atoms with Crippen LogP contribution in [-0.4, -0.2) is 24.6 Å². The fourth-order valence-electron chi connectivity index (χ4n) is 3.34. The summed E-state index contributed by atoms with van der Waals surface area (Å²) >= 11 is 0. The molecule has 6 heteroatoms. The van der Waals surface area contributed by atoms with Crippen molar-refractivity contribution in [2.24, 2.45) is 0 Å². The second-order valence-corrected chi connectivity index (χ2v) is 6.14. The Morgan fingerprint density at radius 1 is 1.16 bits per heavy atom. The average molecular weight is 338 g/mol. The molecule has 0 aromatic heterocycles. The summed E-state index contributed by atoms with van der Waals surface area (Å²) in [5.74, 6) is 1.10. The van der Waals surface area contributed by atoms with E-state index in [1.807, 2.05) is 42.5 Å². The standard InChI is InChI=1S/C19H18N2O4/c1-12(22)21-15-5-3-2-4-14(15)9-16(21)19(23)20-10-13-6-7-17-18(8-13)25-11-24-17/h2-8,16H,9-11H2,1H3,(H,20,23)/t16-/m1/s1. The Hall–Kier alpha value is -3.02. The molecule has 1 atom stereocenters. The van der Waals surface area contributed by atoms with Crippen LogP contribution < -0.4 is 19.7 Å². The molecule has 0 fully saturated rings. The molecule has 0 radical (unpaired) electrons. The van der Waals surface area contributed by atoms with Gasteiger partial charge >= 0.3 is 0 Å². The molecule has 2 heterocycles. The summed E-state index contributed by atoms with van der Waals surface area (Å²) in [5, 5.41) is 2.92. The predicted molar refractivity (Wildman–Crippen MR) is 91.5 cm³/mol. The maximum absolute atomic E-state index is 12.7. The van der Waals surface area contributed by atoms with E-state index in [2.05, 4.69) is 5.32 Å². The maximum atomic E-state index is 12.7. The van der Waals surface area contributed by atoms with Gasteiger partial charge < -0.3 is 14.8 Å². The van der Waals surface area contributed by atoms with E-state index >= 15 is 0 Å². The van der Waals surface area contributed by atoms with Crippen LogP contribution in [0, 0.1) is 0 Å². The van der Waals surface area contributed by atoms with Crippen LogP contribution in [0.15, 0.2) is 42.5 Å². The number of rotatable bonds is 3. The Morgan fingerprint density at radius 3 is 2.80 bits per heavy atom. The third-order valence-corrected chi connectivity index (χ3v) is 4.52. The van der Waals surface area contributed by atoms with Crippen LogP contribution in [0.1, 0.15) is 18.1 Å². The number of para-hydroxylation sites is 1. The first-order valence-corrected chi connectivity index (χ1v) is 8.17. The Labute approximate surface area is 145 Å². The Balaban J connectivity index is 1.47. The van der Waals surface area contributed by atoms with Gasteiger partial charge in [0.15, 0.2) is 11.5 Å². The SMILES string of the molecule is CC(=O)N1c2ccccc2C[C@@H]1C(=O)NCc1ccc2c(c1)OCO2. The van der Waals surface area contributed by atoms with Crippen LogP contribution in [0.2, 0.25) is 0 Å². The topological polar surface area (TPSA) is 67.9 Å². The summed E-state index contributed by atoms with van der Waals surface area (Å²) in [7, 11) is 0. The van der Waals surface area contributed by atoms with Crippen LogP contribution in [0.5, 0.6) is 11.5 Å². The zero-order valence-electron chi connectivity index (χ0n) is 13.8. The number of nitrogens with zero attached hydrogens (tertiary/aromatic N) is 1. The molecule has 0 saturated heterocycles. The highest BCUT2D eigenvalue weighted by Crippen LogP contribution is 2.33. The monoisotopic (exact) mass is 338 g/mol. The maximum Gasteiger partial charge on any atom is 0.243 e. The van der Waals surface area contributed by atoms with E-state index < -0.39 is 6.04 Å². The molecular weight excluding hydrogens is 320 g/mol. The van der Waals surface area contributed by atoms with Crippen LogP contribution in [0.25, 0.3) is 0 Å². The number of carbonyl (C=O) groups excluding carboxylic acids is 2. The number of anilines is 1. The van der Waals surface area contributed by atoms with E-state index in [0.717, 1.165) is 16.8 Å². The molecule has 4 rings (SSSR count). The van der Waals surface area contributed by atoms with Crippen LogP contribution >= 0.6 is 0 Å². The van der Waals surface area contributed by atoms with Gasteiger partial charge in [-0.2, -0.15) is 0 Å². The van der Waals surface area contributed by atoms with Crippen molar-refractivity contribution in [3.8, 4) is 11.5 Å². The molecular formula is C19H18N2O4. The number of hydrogen-bond acceptors (Lipinski definition) is 4. The van der Waals surface area contributed by atoms with E-state index in [1.165, 1.54) is 6.92 Å². The minimum Gasteiger partial charge on any atom is -0.454 e. The molecule has 0 bridgehead atoms. The van der Waals surface area contributed by atoms with Gasteiger partial charge in [0, 0.05) is 25.6 Å². The molecule has 0 saturated carbocycles. The molecule has 2 aromatic rings. The second kappa shape index (κ2) is 6.12. The minimum atomic E-state index is -0.510. The quantitative estimate of drug-likeness (QED) is 0.930. The molecule has 1 N–H and O–H groups in total. The lowest BCUT2D eigenvalue weighted by Gasteiger charge is -2.23. The number of fused-ring (bicyclic) bond motifs is 2. The number of nitrogens with one attached hydrogen (secondary N) is 1. The van der Waals surface area contributed by atoms with E-state index in [4.69, 9.17) is 9.47 Å². The fourth-order valence-corrected chi connectivity index (χ4v) is 3.34. The largest absolute Gasteiger partial charge is 0.454 e. The minimum absolute atomic E-state index is 0.131. The predicted octanol–water partition coefficient (Wildman–Crippen LogP) is 2.01. The Morgan fingerprint density at radius 2 is 1.96 bits per heavy atom. The Bertz CT molecular complexity index is 849. The summed E-state index contributed by atoms with van der Waals surface area (Å²) in [6.07, 6.45) is 0.530. The molecule has 128 valence electrons. The molecule has 2 aromatic carbocycles. The summed E-state index contributed by atoms with van der Waals surface area (Å²) in [4.78, 5) is 26.3. The van der Waals surface area contributed by atoms with Crippen LogP contribution in [0.4, 0.5) is 5.69 Å². The molecule has 25 heavy (non-hydrogen) atoms. The normalized spacial score (nSPS) is 17.3. The third kappa shape index (κ3) is 2.80. The van der Waals surface area contributed by atoms with Gasteiger partial charge in [-0.05, 0) is 29.3 Å². The van der Waals surface area contributed by atoms with Crippen LogP contribution in [-0.2, 0) is 22.6 Å². The summed E-state index contributed by atoms with van der Waals surface area (Å²) in [5.41, 5.74) is 2.75. The fraction of sp³-hybridized carbons (Fsp3) is 0.263. The van der Waals surface area contributed by atoms with Crippen molar-refractivity contribution in [2.45, 2.75) is 25.9 Å². The lowest BCUT2D eigenvalue weighted by molar-refractivity contribution is -0.125. The first-order valence-electron chi connectivity index (χ1n) is 8.17. The van der Waals surface area contributed by atoms with E-state index in [0.29, 0.717) is 24.5 Å². The van der Waals surface area contributed by atoms with Crippen molar-refractivity contribution in [1.29, 1.82) is 0 Å². The van der Waals surface area contributed by atoms with Crippen molar-refractivity contribution in [2.75, 3.05) is 11.7 Å². The van der Waals surface area contributed by atoms with Gasteiger partial charge in [0.05, 0.1) is 0 Å². The van der Waals surface area contributed by atoms with Crippen LogP contribution in [0.3, 0.4) is 0 Å². The summed E-state index contributed by atoms with van der Waals surface area (Å²) in [6.45, 7) is 2.08. The lowest BCUT2D eigenvalue weighted by atomic mass is 10.1. The zero-order valence-corrected chi connectivity index (χ0v) is 13.8. The molecule has 2 aliphatic heterocycles. The highest BCUT2D eigenvalue weighted by atomic mass is 16.7. The van der Waals surface area contributed by atoms with Crippen molar-refractivity contribution in [1.82, 2.24) is 5.32 Å². The lowest BCUT2D eigenvalue weighted by Crippen LogP contribution is -2.47. The van der Waals surface area contributed by atoms with Crippen molar-refractivity contribution in [3.63, 3.8) is 0 Å². The number of benzene rings is 2. The average Bonchev–Trinajstić information content (AvgIpc) is 3.23. The molecule has 0 aliphatic carbocycles. The second-order valence-electron chi connectivity index (χ2n) is 6.14. The van der Waals surface area contributed by atoms with Crippen molar-refractivity contribution < 1.29 is 19.1 Å². The van der Waals surface area contributed by atoms with Gasteiger partial charge in [-0.1, -0.05) is 24.3 Å². The van der Waals surface area contributed by atoms with E-state index in [-0.39, 0.29) is 18.6 Å². The van der Waals surface area contributed by atoms with Gasteiger partial charge in [0.1, 0.15) is 6.04 Å². The zero-order chi connectivity index (χ0) is 17.4. The first kappa shape index (κ1) is 15.5. The number of ether oxygens (including phenoxy) is 2. The Kier molecular flexibility index (Phi) is 3.80. The molecule has 0 spiro atoms. The summed E-state index contributed by atoms with van der Waals surface area (Å²) in [6, 6.07) is 12.7. The van der Waals surface area contributed by atoms with Gasteiger partial charge in [0.2, 0.25) is 18.6 Å².